The summed E-state index contributed by atoms with van der Waals surface area (Å²) in [5.74, 6) is 0.443. The molecule has 0 radical (unpaired) electrons. The van der Waals surface area contributed by atoms with Crippen molar-refractivity contribution >= 4 is 10.9 Å². The summed E-state index contributed by atoms with van der Waals surface area (Å²) in [7, 11) is 2.21. The van der Waals surface area contributed by atoms with Crippen LogP contribution in [0.2, 0.25) is 0 Å². The number of nitrogens with zero attached hydrogens (tertiary/aromatic N) is 1. The lowest BCUT2D eigenvalue weighted by Crippen LogP contribution is -2.22. The Morgan fingerprint density at radius 3 is 2.75 bits per heavy atom. The van der Waals surface area contributed by atoms with Crippen LogP contribution in [0.3, 0.4) is 0 Å². The Morgan fingerprint density at radius 2 is 1.90 bits per heavy atom. The highest BCUT2D eigenvalue weighted by atomic mass is 15.1. The molecule has 0 amide bonds. The van der Waals surface area contributed by atoms with Gasteiger partial charge in [-0.2, -0.15) is 0 Å². The van der Waals surface area contributed by atoms with Crippen LogP contribution in [0.4, 0.5) is 0 Å². The monoisotopic (exact) mass is 262 g/mol. The van der Waals surface area contributed by atoms with Crippen LogP contribution in [0.5, 0.6) is 0 Å². The van der Waals surface area contributed by atoms with E-state index in [9.17, 15) is 0 Å². The minimum Gasteiger partial charge on any atom is -0.361 e. The smallest absolute Gasteiger partial charge is 0.0460 e. The molecule has 1 aliphatic heterocycles. The number of hydrogen-bond acceptors (Lipinski definition) is 1. The molecular weight excluding hydrogens is 244 g/mol. The van der Waals surface area contributed by atoms with E-state index in [-0.39, 0.29) is 0 Å². The zero-order chi connectivity index (χ0) is 13.5. The Labute approximate surface area is 119 Å². The Balaban J connectivity index is 1.96. The molecule has 2 heteroatoms. The van der Waals surface area contributed by atoms with Crippen molar-refractivity contribution in [2.45, 2.75) is 12.5 Å². The number of benzene rings is 2. The molecule has 2 nitrogen and oxygen atoms in total. The van der Waals surface area contributed by atoms with Crippen LogP contribution in [0, 0.1) is 0 Å². The number of rotatable bonds is 1. The molecule has 0 aliphatic carbocycles. The van der Waals surface area contributed by atoms with E-state index in [1.165, 1.54) is 27.6 Å². The minimum absolute atomic E-state index is 0.443. The predicted molar refractivity (Wildman–Crippen MR) is 82.9 cm³/mol. The molecule has 0 fully saturated rings. The summed E-state index contributed by atoms with van der Waals surface area (Å²) in [6.07, 6.45) is 2.20. The van der Waals surface area contributed by atoms with Crippen LogP contribution >= 0.6 is 0 Å². The maximum Gasteiger partial charge on any atom is 0.0460 e. The Morgan fingerprint density at radius 1 is 1.05 bits per heavy atom. The number of aromatic nitrogens is 1. The lowest BCUT2D eigenvalue weighted by molar-refractivity contribution is 0.322. The van der Waals surface area contributed by atoms with Crippen LogP contribution in [0.1, 0.15) is 22.6 Å². The lowest BCUT2D eigenvalue weighted by Gasteiger charge is -2.21. The van der Waals surface area contributed by atoms with Crippen molar-refractivity contribution in [1.82, 2.24) is 9.88 Å². The summed E-state index contributed by atoms with van der Waals surface area (Å²) in [5, 5.41) is 1.42. The SMILES string of the molecule is CN1Cc2cccc3[nH]cc(c23)C(c2ccccc2)C1. The number of H-pyrrole nitrogens is 1. The number of nitrogens with one attached hydrogen (secondary N) is 1. The van der Waals surface area contributed by atoms with Gasteiger partial charge >= 0.3 is 0 Å². The first-order valence-corrected chi connectivity index (χ1v) is 7.15. The van der Waals surface area contributed by atoms with Crippen molar-refractivity contribution < 1.29 is 0 Å². The summed E-state index contributed by atoms with van der Waals surface area (Å²) in [5.41, 5.74) is 5.52. The van der Waals surface area contributed by atoms with Gasteiger partial charge in [0.2, 0.25) is 0 Å². The zero-order valence-corrected chi connectivity index (χ0v) is 11.6. The molecule has 3 aromatic rings. The second-order valence-electron chi connectivity index (χ2n) is 5.74. The first-order valence-electron chi connectivity index (χ1n) is 7.15. The van der Waals surface area contributed by atoms with Gasteiger partial charge in [0.05, 0.1) is 0 Å². The first-order chi connectivity index (χ1) is 9.83. The molecule has 1 aliphatic rings. The van der Waals surface area contributed by atoms with Crippen molar-refractivity contribution in [3.8, 4) is 0 Å². The molecule has 1 N–H and O–H groups in total. The van der Waals surface area contributed by atoms with E-state index in [1.807, 2.05) is 0 Å². The minimum atomic E-state index is 0.443. The largest absolute Gasteiger partial charge is 0.361 e. The molecule has 2 aromatic carbocycles. The molecule has 4 rings (SSSR count). The third kappa shape index (κ3) is 1.76. The van der Waals surface area contributed by atoms with Crippen molar-refractivity contribution in [3.63, 3.8) is 0 Å². The molecule has 1 atom stereocenters. The van der Waals surface area contributed by atoms with Gasteiger partial charge in [-0.15, -0.1) is 0 Å². The van der Waals surface area contributed by atoms with E-state index in [1.54, 1.807) is 0 Å². The molecule has 0 spiro atoms. The van der Waals surface area contributed by atoms with E-state index in [2.05, 4.69) is 71.7 Å². The molecule has 0 bridgehead atoms. The molecule has 1 unspecified atom stereocenters. The predicted octanol–water partition coefficient (Wildman–Crippen LogP) is 3.75. The van der Waals surface area contributed by atoms with E-state index < -0.39 is 0 Å². The fourth-order valence-electron chi connectivity index (χ4n) is 3.43. The van der Waals surface area contributed by atoms with Gasteiger partial charge in [-0.1, -0.05) is 42.5 Å². The second-order valence-corrected chi connectivity index (χ2v) is 5.74. The average molecular weight is 262 g/mol. The van der Waals surface area contributed by atoms with Gasteiger partial charge < -0.3 is 9.88 Å². The molecule has 1 aromatic heterocycles. The van der Waals surface area contributed by atoms with E-state index in [0.29, 0.717) is 5.92 Å². The maximum absolute atomic E-state index is 3.44. The number of aromatic amines is 1. The summed E-state index contributed by atoms with van der Waals surface area (Å²) >= 11 is 0. The van der Waals surface area contributed by atoms with Gasteiger partial charge in [0, 0.05) is 36.1 Å². The summed E-state index contributed by atoms with van der Waals surface area (Å²) < 4.78 is 0. The fraction of sp³-hybridized carbons (Fsp3) is 0.222. The summed E-state index contributed by atoms with van der Waals surface area (Å²) in [6, 6.07) is 17.4. The van der Waals surface area contributed by atoms with E-state index in [4.69, 9.17) is 0 Å². The van der Waals surface area contributed by atoms with Crippen LogP contribution in [-0.2, 0) is 6.54 Å². The molecule has 0 saturated heterocycles. The Kier molecular flexibility index (Phi) is 2.64. The number of likely N-dealkylation sites (N-methyl/N-ethyl adjacent to an activating group) is 1. The van der Waals surface area contributed by atoms with Crippen LogP contribution in [-0.4, -0.2) is 23.5 Å². The third-order valence-corrected chi connectivity index (χ3v) is 4.33. The molecule has 0 saturated carbocycles. The van der Waals surface area contributed by atoms with Crippen LogP contribution in [0.15, 0.2) is 54.7 Å². The summed E-state index contributed by atoms with van der Waals surface area (Å²) in [6.45, 7) is 2.08. The van der Waals surface area contributed by atoms with Crippen LogP contribution < -0.4 is 0 Å². The first kappa shape index (κ1) is 11.7. The van der Waals surface area contributed by atoms with Crippen molar-refractivity contribution in [3.05, 3.63) is 71.4 Å². The van der Waals surface area contributed by atoms with Gasteiger partial charge in [0.1, 0.15) is 0 Å². The van der Waals surface area contributed by atoms with Gasteiger partial charge in [-0.3, -0.25) is 0 Å². The third-order valence-electron chi connectivity index (χ3n) is 4.33. The highest BCUT2D eigenvalue weighted by Gasteiger charge is 2.24. The van der Waals surface area contributed by atoms with Gasteiger partial charge in [-0.25, -0.2) is 0 Å². The molecule has 20 heavy (non-hydrogen) atoms. The van der Waals surface area contributed by atoms with Gasteiger partial charge in [0.25, 0.3) is 0 Å². The topological polar surface area (TPSA) is 19.0 Å². The van der Waals surface area contributed by atoms with E-state index in [0.717, 1.165) is 13.1 Å². The number of hydrogen-bond donors (Lipinski definition) is 1. The molecular formula is C18H18N2. The highest BCUT2D eigenvalue weighted by Crippen LogP contribution is 2.36. The summed E-state index contributed by atoms with van der Waals surface area (Å²) in [4.78, 5) is 5.87. The lowest BCUT2D eigenvalue weighted by atomic mass is 9.91. The van der Waals surface area contributed by atoms with E-state index >= 15 is 0 Å². The maximum atomic E-state index is 3.44. The van der Waals surface area contributed by atoms with Crippen molar-refractivity contribution in [2.75, 3.05) is 13.6 Å². The average Bonchev–Trinajstić information content (AvgIpc) is 2.84. The second kappa shape index (κ2) is 4.50. The zero-order valence-electron chi connectivity index (χ0n) is 11.6. The highest BCUT2D eigenvalue weighted by molar-refractivity contribution is 5.88. The Hall–Kier alpha value is -2.06. The molecule has 100 valence electrons. The van der Waals surface area contributed by atoms with Gasteiger partial charge in [0.15, 0.2) is 0 Å². The van der Waals surface area contributed by atoms with Crippen molar-refractivity contribution in [1.29, 1.82) is 0 Å². The Bertz CT molecular complexity index is 742. The molecule has 2 heterocycles. The normalized spacial score (nSPS) is 19.1. The van der Waals surface area contributed by atoms with Gasteiger partial charge in [-0.05, 0) is 29.8 Å². The van der Waals surface area contributed by atoms with Crippen molar-refractivity contribution in [2.24, 2.45) is 0 Å². The van der Waals surface area contributed by atoms with Crippen LogP contribution in [0.25, 0.3) is 10.9 Å². The fourth-order valence-corrected chi connectivity index (χ4v) is 3.43. The standard InChI is InChI=1S/C18H18N2/c1-20-11-14-8-5-9-17-18(14)15(10-19-17)16(12-20)13-6-3-2-4-7-13/h2-10,16,19H,11-12H2,1H3. The quantitative estimate of drug-likeness (QED) is 0.707.